The van der Waals surface area contributed by atoms with Gasteiger partial charge in [-0.2, -0.15) is 0 Å². The van der Waals surface area contributed by atoms with Gasteiger partial charge in [-0.25, -0.2) is 0 Å². The van der Waals surface area contributed by atoms with Crippen molar-refractivity contribution in [2.24, 2.45) is 0 Å². The van der Waals surface area contributed by atoms with E-state index in [2.05, 4.69) is 50.2 Å². The predicted molar refractivity (Wildman–Crippen MR) is 58.4 cm³/mol. The normalized spacial score (nSPS) is 9.69. The first-order chi connectivity index (χ1) is 5.77. The van der Waals surface area contributed by atoms with Crippen molar-refractivity contribution in [2.75, 3.05) is 0 Å². The molecule has 0 amide bonds. The van der Waals surface area contributed by atoms with Gasteiger partial charge in [0.25, 0.3) is 0 Å². The summed E-state index contributed by atoms with van der Waals surface area (Å²) < 4.78 is 0. The first-order valence-electron chi connectivity index (χ1n) is 4.23. The molecule has 0 bridgehead atoms. The van der Waals surface area contributed by atoms with Crippen molar-refractivity contribution >= 4 is 10.8 Å². The van der Waals surface area contributed by atoms with Crippen molar-refractivity contribution in [3.05, 3.63) is 47.5 Å². The van der Waals surface area contributed by atoms with Gasteiger partial charge in [0.05, 0.1) is 0 Å². The van der Waals surface area contributed by atoms with Crippen molar-refractivity contribution in [3.8, 4) is 0 Å². The third-order valence-corrected chi connectivity index (χ3v) is 2.21. The monoisotopic (exact) mass is 173 g/mol. The van der Waals surface area contributed by atoms with Crippen LogP contribution in [0.3, 0.4) is 0 Å². The van der Waals surface area contributed by atoms with E-state index >= 15 is 0 Å². The Bertz CT molecular complexity index is 418. The molecule has 0 aromatic heterocycles. The third kappa shape index (κ3) is 1.70. The van der Waals surface area contributed by atoms with E-state index in [1.165, 1.54) is 21.9 Å². The molecule has 0 saturated heterocycles. The average molecular weight is 173 g/mol. The molecule has 68 valence electrons. The van der Waals surface area contributed by atoms with Crippen LogP contribution in [-0.2, 0) is 0 Å². The molecule has 2 aromatic rings. The highest BCUT2D eigenvalue weighted by molar-refractivity contribution is 5.86. The van der Waals surface area contributed by atoms with Crippen molar-refractivity contribution in [1.29, 1.82) is 0 Å². The highest BCUT2D eigenvalue weighted by Gasteiger charge is 1.95. The van der Waals surface area contributed by atoms with E-state index in [0.717, 1.165) is 0 Å². The van der Waals surface area contributed by atoms with E-state index in [1.807, 2.05) is 0 Å². The SMILES string of the molecule is Cc1cc(C)c2ccccc2c1.N. The van der Waals surface area contributed by atoms with Crippen LogP contribution in [-0.4, -0.2) is 0 Å². The van der Waals surface area contributed by atoms with E-state index in [1.54, 1.807) is 0 Å². The molecule has 13 heavy (non-hydrogen) atoms. The van der Waals surface area contributed by atoms with Crippen LogP contribution in [0.15, 0.2) is 36.4 Å². The summed E-state index contributed by atoms with van der Waals surface area (Å²) in [6, 6.07) is 13.0. The Balaban J connectivity index is 0.000000845. The van der Waals surface area contributed by atoms with Gasteiger partial charge < -0.3 is 6.15 Å². The van der Waals surface area contributed by atoms with Crippen LogP contribution in [0.5, 0.6) is 0 Å². The number of aryl methyl sites for hydroxylation is 2. The molecule has 0 spiro atoms. The summed E-state index contributed by atoms with van der Waals surface area (Å²) in [5.41, 5.74) is 2.71. The fourth-order valence-corrected chi connectivity index (χ4v) is 1.69. The first kappa shape index (κ1) is 9.75. The van der Waals surface area contributed by atoms with Crippen molar-refractivity contribution in [1.82, 2.24) is 6.15 Å². The first-order valence-corrected chi connectivity index (χ1v) is 4.23. The molecular weight excluding hydrogens is 158 g/mol. The second-order valence-electron chi connectivity index (χ2n) is 3.30. The van der Waals surface area contributed by atoms with E-state index in [9.17, 15) is 0 Å². The molecule has 0 heterocycles. The van der Waals surface area contributed by atoms with Gasteiger partial charge >= 0.3 is 0 Å². The minimum absolute atomic E-state index is 0. The second kappa shape index (κ2) is 3.58. The standard InChI is InChI=1S/C12H12.H3N/c1-9-7-10(2)12-6-4-3-5-11(12)8-9;/h3-8H,1-2H3;1H3. The van der Waals surface area contributed by atoms with Crippen LogP contribution in [0.1, 0.15) is 11.1 Å². The van der Waals surface area contributed by atoms with Gasteiger partial charge in [0.2, 0.25) is 0 Å². The molecule has 2 aromatic carbocycles. The molecule has 3 N–H and O–H groups in total. The maximum atomic E-state index is 2.22. The zero-order valence-electron chi connectivity index (χ0n) is 8.17. The summed E-state index contributed by atoms with van der Waals surface area (Å²) in [6.07, 6.45) is 0. The Morgan fingerprint density at radius 1 is 0.923 bits per heavy atom. The topological polar surface area (TPSA) is 35.0 Å². The highest BCUT2D eigenvalue weighted by Crippen LogP contribution is 2.19. The summed E-state index contributed by atoms with van der Waals surface area (Å²) in [7, 11) is 0. The smallest absolute Gasteiger partial charge is 0.0155 e. The van der Waals surface area contributed by atoms with Crippen LogP contribution in [0, 0.1) is 13.8 Å². The van der Waals surface area contributed by atoms with Crippen LogP contribution < -0.4 is 6.15 Å². The van der Waals surface area contributed by atoms with Crippen molar-refractivity contribution < 1.29 is 0 Å². The molecule has 1 heteroatoms. The summed E-state index contributed by atoms with van der Waals surface area (Å²) in [5.74, 6) is 0. The molecule has 0 aliphatic carbocycles. The molecule has 0 fully saturated rings. The lowest BCUT2D eigenvalue weighted by molar-refractivity contribution is 1.43. The Kier molecular flexibility index (Phi) is 2.69. The molecule has 0 aliphatic rings. The van der Waals surface area contributed by atoms with Crippen molar-refractivity contribution in [2.45, 2.75) is 13.8 Å². The Morgan fingerprint density at radius 3 is 2.38 bits per heavy atom. The van der Waals surface area contributed by atoms with Gasteiger partial charge in [0, 0.05) is 0 Å². The van der Waals surface area contributed by atoms with Crippen molar-refractivity contribution in [3.63, 3.8) is 0 Å². The molecule has 0 aliphatic heterocycles. The zero-order chi connectivity index (χ0) is 8.55. The van der Waals surface area contributed by atoms with Crippen LogP contribution in [0.2, 0.25) is 0 Å². The summed E-state index contributed by atoms with van der Waals surface area (Å²) in [4.78, 5) is 0. The highest BCUT2D eigenvalue weighted by atomic mass is 14.0. The number of rotatable bonds is 0. The fourth-order valence-electron chi connectivity index (χ4n) is 1.69. The maximum Gasteiger partial charge on any atom is -0.0155 e. The number of hydrogen-bond donors (Lipinski definition) is 1. The minimum atomic E-state index is 0. The van der Waals surface area contributed by atoms with Gasteiger partial charge in [-0.05, 0) is 30.2 Å². The molecule has 0 radical (unpaired) electrons. The quantitative estimate of drug-likeness (QED) is 0.648. The van der Waals surface area contributed by atoms with Gasteiger partial charge in [0.15, 0.2) is 0 Å². The summed E-state index contributed by atoms with van der Waals surface area (Å²) in [5, 5.41) is 2.71. The molecule has 0 atom stereocenters. The predicted octanol–water partition coefficient (Wildman–Crippen LogP) is 3.62. The van der Waals surface area contributed by atoms with E-state index < -0.39 is 0 Å². The molecule has 2 rings (SSSR count). The number of hydrogen-bond acceptors (Lipinski definition) is 1. The Labute approximate surface area is 79.0 Å². The Morgan fingerprint density at radius 2 is 1.62 bits per heavy atom. The second-order valence-corrected chi connectivity index (χ2v) is 3.30. The Hall–Kier alpha value is -1.34. The van der Waals surface area contributed by atoms with Gasteiger partial charge in [-0.1, -0.05) is 42.0 Å². The maximum absolute atomic E-state index is 2.22. The zero-order valence-corrected chi connectivity index (χ0v) is 8.17. The average Bonchev–Trinajstić information content (AvgIpc) is 2.04. The number of fused-ring (bicyclic) bond motifs is 1. The van der Waals surface area contributed by atoms with E-state index in [0.29, 0.717) is 0 Å². The molecular formula is C12H15N. The third-order valence-electron chi connectivity index (χ3n) is 2.21. The lowest BCUT2D eigenvalue weighted by Gasteiger charge is -2.02. The molecule has 0 saturated carbocycles. The van der Waals surface area contributed by atoms with Crippen LogP contribution >= 0.6 is 0 Å². The minimum Gasteiger partial charge on any atom is -0.344 e. The van der Waals surface area contributed by atoms with Gasteiger partial charge in [-0.3, -0.25) is 0 Å². The van der Waals surface area contributed by atoms with E-state index in [4.69, 9.17) is 0 Å². The van der Waals surface area contributed by atoms with Crippen LogP contribution in [0.25, 0.3) is 10.8 Å². The lowest BCUT2D eigenvalue weighted by atomic mass is 10.0. The van der Waals surface area contributed by atoms with Gasteiger partial charge in [0.1, 0.15) is 0 Å². The summed E-state index contributed by atoms with van der Waals surface area (Å²) in [6.45, 7) is 4.30. The molecule has 1 nitrogen and oxygen atoms in total. The van der Waals surface area contributed by atoms with E-state index in [-0.39, 0.29) is 6.15 Å². The lowest BCUT2D eigenvalue weighted by Crippen LogP contribution is -1.80. The largest absolute Gasteiger partial charge is 0.344 e. The summed E-state index contributed by atoms with van der Waals surface area (Å²) >= 11 is 0. The fraction of sp³-hybridized carbons (Fsp3) is 0.167. The molecule has 0 unspecified atom stereocenters. The van der Waals surface area contributed by atoms with Crippen LogP contribution in [0.4, 0.5) is 0 Å². The number of benzene rings is 2. The van der Waals surface area contributed by atoms with Gasteiger partial charge in [-0.15, -0.1) is 0 Å².